The SMILES string of the molecule is CC(CCN1CCCN(C)CC1)N1CCCN(C)[C@@H](C)C1. The zero-order valence-corrected chi connectivity index (χ0v) is 14.7. The third-order valence-corrected chi connectivity index (χ3v) is 5.51. The molecule has 2 aliphatic rings. The smallest absolute Gasteiger partial charge is 0.0191 e. The van der Waals surface area contributed by atoms with Crippen molar-refractivity contribution in [1.29, 1.82) is 0 Å². The van der Waals surface area contributed by atoms with Crippen molar-refractivity contribution in [1.82, 2.24) is 19.6 Å². The van der Waals surface area contributed by atoms with E-state index in [0.29, 0.717) is 6.04 Å². The number of hydrogen-bond donors (Lipinski definition) is 0. The van der Waals surface area contributed by atoms with Gasteiger partial charge >= 0.3 is 0 Å². The second kappa shape index (κ2) is 8.47. The Kier molecular flexibility index (Phi) is 6.93. The minimum absolute atomic E-state index is 0.696. The van der Waals surface area contributed by atoms with Gasteiger partial charge in [0.05, 0.1) is 0 Å². The average molecular weight is 297 g/mol. The van der Waals surface area contributed by atoms with E-state index in [2.05, 4.69) is 47.5 Å². The molecule has 0 saturated carbocycles. The zero-order chi connectivity index (χ0) is 15.2. The van der Waals surface area contributed by atoms with Gasteiger partial charge in [0, 0.05) is 31.7 Å². The Hall–Kier alpha value is -0.160. The van der Waals surface area contributed by atoms with Crippen molar-refractivity contribution in [2.75, 3.05) is 66.5 Å². The highest BCUT2D eigenvalue weighted by molar-refractivity contribution is 4.79. The molecule has 2 saturated heterocycles. The Labute approximate surface area is 132 Å². The Morgan fingerprint density at radius 3 is 2.52 bits per heavy atom. The van der Waals surface area contributed by atoms with Gasteiger partial charge in [-0.2, -0.15) is 0 Å². The third kappa shape index (κ3) is 5.51. The first kappa shape index (κ1) is 17.2. The molecule has 2 rings (SSSR count). The lowest BCUT2D eigenvalue weighted by Crippen LogP contribution is -2.42. The normalized spacial score (nSPS) is 30.0. The van der Waals surface area contributed by atoms with Gasteiger partial charge in [-0.15, -0.1) is 0 Å². The maximum Gasteiger partial charge on any atom is 0.0191 e. The molecule has 21 heavy (non-hydrogen) atoms. The van der Waals surface area contributed by atoms with Gasteiger partial charge in [0.2, 0.25) is 0 Å². The highest BCUT2D eigenvalue weighted by atomic mass is 15.2. The fraction of sp³-hybridized carbons (Fsp3) is 1.00. The van der Waals surface area contributed by atoms with Crippen molar-refractivity contribution in [3.63, 3.8) is 0 Å². The molecular formula is C17H36N4. The Morgan fingerprint density at radius 1 is 0.952 bits per heavy atom. The van der Waals surface area contributed by atoms with E-state index in [1.807, 2.05) is 0 Å². The summed E-state index contributed by atoms with van der Waals surface area (Å²) in [6.45, 7) is 14.9. The summed E-state index contributed by atoms with van der Waals surface area (Å²) in [6, 6.07) is 1.42. The second-order valence-electron chi connectivity index (χ2n) is 7.31. The van der Waals surface area contributed by atoms with Crippen LogP contribution in [0.3, 0.4) is 0 Å². The molecule has 2 atom stereocenters. The molecule has 0 bridgehead atoms. The van der Waals surface area contributed by atoms with Crippen LogP contribution in [0.5, 0.6) is 0 Å². The Morgan fingerprint density at radius 2 is 1.71 bits per heavy atom. The summed E-state index contributed by atoms with van der Waals surface area (Å²) >= 11 is 0. The molecular weight excluding hydrogens is 260 g/mol. The molecule has 1 unspecified atom stereocenters. The van der Waals surface area contributed by atoms with Gasteiger partial charge in [-0.05, 0) is 79.9 Å². The van der Waals surface area contributed by atoms with Crippen molar-refractivity contribution in [2.24, 2.45) is 0 Å². The van der Waals surface area contributed by atoms with E-state index in [0.717, 1.165) is 6.04 Å². The van der Waals surface area contributed by atoms with Gasteiger partial charge in [-0.3, -0.25) is 4.90 Å². The molecule has 124 valence electrons. The van der Waals surface area contributed by atoms with Crippen LogP contribution in [0.4, 0.5) is 0 Å². The van der Waals surface area contributed by atoms with Crippen LogP contribution < -0.4 is 0 Å². The van der Waals surface area contributed by atoms with Crippen molar-refractivity contribution < 1.29 is 0 Å². The summed E-state index contributed by atoms with van der Waals surface area (Å²) in [5, 5.41) is 0. The molecule has 0 aromatic carbocycles. The van der Waals surface area contributed by atoms with Crippen molar-refractivity contribution >= 4 is 0 Å². The molecule has 2 fully saturated rings. The topological polar surface area (TPSA) is 13.0 Å². The van der Waals surface area contributed by atoms with E-state index in [-0.39, 0.29) is 0 Å². The Bertz CT molecular complexity index is 297. The molecule has 0 N–H and O–H groups in total. The van der Waals surface area contributed by atoms with Gasteiger partial charge in [-0.25, -0.2) is 0 Å². The molecule has 0 aromatic heterocycles. The summed E-state index contributed by atoms with van der Waals surface area (Å²) in [5.41, 5.74) is 0. The van der Waals surface area contributed by atoms with Crippen molar-refractivity contribution in [3.05, 3.63) is 0 Å². The van der Waals surface area contributed by atoms with E-state index in [9.17, 15) is 0 Å². The third-order valence-electron chi connectivity index (χ3n) is 5.51. The van der Waals surface area contributed by atoms with Crippen molar-refractivity contribution in [2.45, 2.75) is 45.2 Å². The lowest BCUT2D eigenvalue weighted by atomic mass is 10.1. The summed E-state index contributed by atoms with van der Waals surface area (Å²) in [4.78, 5) is 10.4. The van der Waals surface area contributed by atoms with Crippen LogP contribution in [0.15, 0.2) is 0 Å². The van der Waals surface area contributed by atoms with Crippen LogP contribution in [-0.2, 0) is 0 Å². The summed E-state index contributed by atoms with van der Waals surface area (Å²) in [6.07, 6.45) is 3.97. The zero-order valence-electron chi connectivity index (χ0n) is 14.7. The predicted molar refractivity (Wildman–Crippen MR) is 90.9 cm³/mol. The van der Waals surface area contributed by atoms with Crippen LogP contribution in [0.2, 0.25) is 0 Å². The number of rotatable bonds is 4. The molecule has 2 heterocycles. The first-order valence-electron chi connectivity index (χ1n) is 8.91. The molecule has 4 heteroatoms. The summed E-state index contributed by atoms with van der Waals surface area (Å²) in [7, 11) is 4.52. The highest BCUT2D eigenvalue weighted by Crippen LogP contribution is 2.14. The first-order valence-corrected chi connectivity index (χ1v) is 8.91. The second-order valence-corrected chi connectivity index (χ2v) is 7.31. The highest BCUT2D eigenvalue weighted by Gasteiger charge is 2.22. The molecule has 0 aromatic rings. The lowest BCUT2D eigenvalue weighted by molar-refractivity contribution is 0.159. The fourth-order valence-electron chi connectivity index (χ4n) is 3.59. The predicted octanol–water partition coefficient (Wildman–Crippen LogP) is 1.43. The molecule has 0 amide bonds. The van der Waals surface area contributed by atoms with Gasteiger partial charge in [0.1, 0.15) is 0 Å². The van der Waals surface area contributed by atoms with Crippen LogP contribution in [0.25, 0.3) is 0 Å². The molecule has 0 spiro atoms. The average Bonchev–Trinajstić information content (AvgIpc) is 2.76. The maximum atomic E-state index is 2.72. The van der Waals surface area contributed by atoms with E-state index < -0.39 is 0 Å². The standard InChI is InChI=1S/C17H36N4/c1-16(21-11-6-9-19(4)17(2)15-21)7-12-20-10-5-8-18(3)13-14-20/h16-17H,5-15H2,1-4H3/t16?,17-/m0/s1. The van der Waals surface area contributed by atoms with E-state index in [1.165, 1.54) is 71.6 Å². The van der Waals surface area contributed by atoms with Gasteiger partial charge in [0.25, 0.3) is 0 Å². The molecule has 0 radical (unpaired) electrons. The quantitative estimate of drug-likeness (QED) is 0.778. The number of hydrogen-bond acceptors (Lipinski definition) is 4. The fourth-order valence-corrected chi connectivity index (χ4v) is 3.59. The van der Waals surface area contributed by atoms with Crippen LogP contribution >= 0.6 is 0 Å². The first-order chi connectivity index (χ1) is 10.1. The summed E-state index contributed by atoms with van der Waals surface area (Å²) < 4.78 is 0. The van der Waals surface area contributed by atoms with E-state index in [4.69, 9.17) is 0 Å². The maximum absolute atomic E-state index is 2.72. The Balaban J connectivity index is 1.74. The largest absolute Gasteiger partial charge is 0.305 e. The van der Waals surface area contributed by atoms with Gasteiger partial charge < -0.3 is 14.7 Å². The van der Waals surface area contributed by atoms with E-state index >= 15 is 0 Å². The van der Waals surface area contributed by atoms with Crippen LogP contribution in [0, 0.1) is 0 Å². The monoisotopic (exact) mass is 296 g/mol. The van der Waals surface area contributed by atoms with Gasteiger partial charge in [0.15, 0.2) is 0 Å². The molecule has 4 nitrogen and oxygen atoms in total. The summed E-state index contributed by atoms with van der Waals surface area (Å²) in [5.74, 6) is 0. The van der Waals surface area contributed by atoms with Crippen molar-refractivity contribution in [3.8, 4) is 0 Å². The van der Waals surface area contributed by atoms with Gasteiger partial charge in [-0.1, -0.05) is 0 Å². The van der Waals surface area contributed by atoms with E-state index in [1.54, 1.807) is 0 Å². The van der Waals surface area contributed by atoms with Crippen LogP contribution in [0.1, 0.15) is 33.1 Å². The minimum atomic E-state index is 0.696. The number of likely N-dealkylation sites (N-methyl/N-ethyl adjacent to an activating group) is 2. The number of nitrogens with zero attached hydrogens (tertiary/aromatic N) is 4. The van der Waals surface area contributed by atoms with Crippen LogP contribution in [-0.4, -0.2) is 98.1 Å². The lowest BCUT2D eigenvalue weighted by Gasteiger charge is -2.32. The molecule has 0 aliphatic carbocycles. The minimum Gasteiger partial charge on any atom is -0.305 e. The molecule has 2 aliphatic heterocycles.